The molecule has 2 aliphatic rings. The van der Waals surface area contributed by atoms with Gasteiger partial charge in [-0.2, -0.15) is 0 Å². The number of ether oxygens (including phenoxy) is 2. The van der Waals surface area contributed by atoms with Gasteiger partial charge in [0.15, 0.2) is 0 Å². The van der Waals surface area contributed by atoms with Crippen LogP contribution in [0.1, 0.15) is 43.6 Å². The quantitative estimate of drug-likeness (QED) is 0.646. The molecule has 2 aromatic carbocycles. The van der Waals surface area contributed by atoms with Gasteiger partial charge in [0.25, 0.3) is 0 Å². The average Bonchev–Trinajstić information content (AvgIpc) is 2.95. The smallest absolute Gasteiger partial charge is 0.126 e. The highest BCUT2D eigenvalue weighted by Crippen LogP contribution is 2.55. The van der Waals surface area contributed by atoms with Crippen molar-refractivity contribution in [3.05, 3.63) is 63.9 Å². The Hall–Kier alpha value is -1.39. The van der Waals surface area contributed by atoms with Crippen LogP contribution in [0, 0.1) is 11.7 Å². The lowest BCUT2D eigenvalue weighted by Crippen LogP contribution is -2.42. The summed E-state index contributed by atoms with van der Waals surface area (Å²) >= 11 is 3.53. The summed E-state index contributed by atoms with van der Waals surface area (Å²) in [7, 11) is 0. The van der Waals surface area contributed by atoms with Gasteiger partial charge < -0.3 is 9.47 Å². The van der Waals surface area contributed by atoms with Crippen molar-refractivity contribution < 1.29 is 13.9 Å². The molecule has 23 heavy (non-hydrogen) atoms. The third kappa shape index (κ3) is 2.58. The second kappa shape index (κ2) is 5.32. The zero-order chi connectivity index (χ0) is 16.2. The Bertz CT molecular complexity index is 742. The number of rotatable bonds is 1. The van der Waals surface area contributed by atoms with Crippen LogP contribution in [0.4, 0.5) is 4.39 Å². The van der Waals surface area contributed by atoms with Gasteiger partial charge in [0.1, 0.15) is 17.2 Å². The Labute approximate surface area is 143 Å². The van der Waals surface area contributed by atoms with Crippen LogP contribution < -0.4 is 4.74 Å². The van der Waals surface area contributed by atoms with Crippen molar-refractivity contribution in [1.29, 1.82) is 0 Å². The molecule has 0 saturated carbocycles. The summed E-state index contributed by atoms with van der Waals surface area (Å²) in [6.45, 7) is 4.23. The summed E-state index contributed by atoms with van der Waals surface area (Å²) in [5, 5.41) is 0. The average molecular weight is 377 g/mol. The molecule has 0 bridgehead atoms. The van der Waals surface area contributed by atoms with E-state index < -0.39 is 0 Å². The van der Waals surface area contributed by atoms with Crippen molar-refractivity contribution in [2.24, 2.45) is 5.92 Å². The number of hydrogen-bond acceptors (Lipinski definition) is 2. The molecule has 120 valence electrons. The van der Waals surface area contributed by atoms with Crippen LogP contribution in [0.15, 0.2) is 46.9 Å². The molecule has 1 saturated heterocycles. The Morgan fingerprint density at radius 1 is 1.13 bits per heavy atom. The first-order valence-electron chi connectivity index (χ1n) is 7.83. The van der Waals surface area contributed by atoms with E-state index in [2.05, 4.69) is 35.8 Å². The molecule has 2 aliphatic heterocycles. The summed E-state index contributed by atoms with van der Waals surface area (Å²) < 4.78 is 26.8. The second-order valence-corrected chi connectivity index (χ2v) is 7.74. The number of halogens is 2. The molecule has 0 aliphatic carbocycles. The van der Waals surface area contributed by atoms with E-state index in [-0.39, 0.29) is 29.5 Å². The molecule has 2 aromatic rings. The fraction of sp³-hybridized carbons (Fsp3) is 0.368. The highest BCUT2D eigenvalue weighted by atomic mass is 79.9. The molecule has 3 atom stereocenters. The van der Waals surface area contributed by atoms with E-state index in [9.17, 15) is 4.39 Å². The third-order valence-electron chi connectivity index (χ3n) is 4.93. The number of benzene rings is 2. The topological polar surface area (TPSA) is 18.5 Å². The van der Waals surface area contributed by atoms with E-state index in [0.29, 0.717) is 0 Å². The summed E-state index contributed by atoms with van der Waals surface area (Å²) in [6, 6.07) is 12.7. The van der Waals surface area contributed by atoms with Crippen molar-refractivity contribution in [1.82, 2.24) is 0 Å². The fourth-order valence-electron chi connectivity index (χ4n) is 3.71. The molecule has 0 N–H and O–H groups in total. The molecule has 4 heteroatoms. The van der Waals surface area contributed by atoms with E-state index in [1.54, 1.807) is 0 Å². The molecule has 4 rings (SSSR count). The van der Waals surface area contributed by atoms with Gasteiger partial charge in [0.05, 0.1) is 12.2 Å². The first-order chi connectivity index (χ1) is 10.9. The van der Waals surface area contributed by atoms with Gasteiger partial charge in [-0.05, 0) is 56.2 Å². The van der Waals surface area contributed by atoms with E-state index >= 15 is 0 Å². The van der Waals surface area contributed by atoms with E-state index in [4.69, 9.17) is 9.47 Å². The molecule has 2 heterocycles. The van der Waals surface area contributed by atoms with Gasteiger partial charge in [-0.3, -0.25) is 0 Å². The zero-order valence-corrected chi connectivity index (χ0v) is 14.6. The number of fused-ring (bicyclic) bond motifs is 3. The highest BCUT2D eigenvalue weighted by molar-refractivity contribution is 9.10. The fourth-order valence-corrected chi connectivity index (χ4v) is 4.08. The van der Waals surface area contributed by atoms with E-state index in [0.717, 1.165) is 27.8 Å². The standard InChI is InChI=1S/C19H18BrFO2/c1-19(2)15-10-17(11-3-6-13(21)7-4-11)22-18(15)14-9-12(20)5-8-16(14)23-19/h3-9,15,17-18H,10H2,1-2H3/t15-,17+,18+/m0/s1. The predicted molar refractivity (Wildman–Crippen MR) is 89.9 cm³/mol. The van der Waals surface area contributed by atoms with E-state index in [1.165, 1.54) is 12.1 Å². The first-order valence-corrected chi connectivity index (χ1v) is 8.63. The van der Waals surface area contributed by atoms with Crippen LogP contribution in [0.25, 0.3) is 0 Å². The molecule has 0 aromatic heterocycles. The van der Waals surface area contributed by atoms with Crippen LogP contribution in [-0.4, -0.2) is 5.60 Å². The summed E-state index contributed by atoms with van der Waals surface area (Å²) in [4.78, 5) is 0. The maximum atomic E-state index is 13.2. The van der Waals surface area contributed by atoms with Crippen LogP contribution in [0.2, 0.25) is 0 Å². The summed E-state index contributed by atoms with van der Waals surface area (Å²) in [5.74, 6) is 0.931. The molecule has 0 unspecified atom stereocenters. The van der Waals surface area contributed by atoms with Crippen molar-refractivity contribution in [3.63, 3.8) is 0 Å². The third-order valence-corrected chi connectivity index (χ3v) is 5.42. The normalized spacial score (nSPS) is 27.9. The van der Waals surface area contributed by atoms with Gasteiger partial charge in [-0.1, -0.05) is 28.1 Å². The van der Waals surface area contributed by atoms with E-state index in [1.807, 2.05) is 24.3 Å². The first kappa shape index (κ1) is 15.2. The van der Waals surface area contributed by atoms with Gasteiger partial charge in [0, 0.05) is 16.0 Å². The maximum absolute atomic E-state index is 13.2. The Morgan fingerprint density at radius 3 is 2.61 bits per heavy atom. The van der Waals surface area contributed by atoms with Crippen molar-refractivity contribution in [2.45, 2.75) is 38.1 Å². The van der Waals surface area contributed by atoms with Crippen molar-refractivity contribution >= 4 is 15.9 Å². The SMILES string of the molecule is CC1(C)Oc2ccc(Br)cc2[C@H]2O[C@@H](c3ccc(F)cc3)C[C@@H]21. The Morgan fingerprint density at radius 2 is 1.87 bits per heavy atom. The van der Waals surface area contributed by atoms with Crippen LogP contribution >= 0.6 is 15.9 Å². The molecule has 0 amide bonds. The molecule has 0 spiro atoms. The minimum absolute atomic E-state index is 0.00121. The minimum Gasteiger partial charge on any atom is -0.487 e. The second-order valence-electron chi connectivity index (χ2n) is 6.83. The summed E-state index contributed by atoms with van der Waals surface area (Å²) in [6.07, 6.45) is 0.842. The van der Waals surface area contributed by atoms with Crippen LogP contribution in [0.3, 0.4) is 0 Å². The lowest BCUT2D eigenvalue weighted by molar-refractivity contribution is -0.0422. The zero-order valence-electron chi connectivity index (χ0n) is 13.1. The Kier molecular flexibility index (Phi) is 3.50. The highest BCUT2D eigenvalue weighted by Gasteiger charge is 2.50. The van der Waals surface area contributed by atoms with Crippen molar-refractivity contribution in [2.75, 3.05) is 0 Å². The van der Waals surface area contributed by atoms with Gasteiger partial charge in [-0.15, -0.1) is 0 Å². The van der Waals surface area contributed by atoms with Crippen LogP contribution in [-0.2, 0) is 4.74 Å². The molecule has 2 nitrogen and oxygen atoms in total. The lowest BCUT2D eigenvalue weighted by atomic mass is 9.78. The Balaban J connectivity index is 1.72. The summed E-state index contributed by atoms with van der Waals surface area (Å²) in [5.41, 5.74) is 1.82. The number of hydrogen-bond donors (Lipinski definition) is 0. The molecule has 0 radical (unpaired) electrons. The molecule has 1 fully saturated rings. The largest absolute Gasteiger partial charge is 0.487 e. The van der Waals surface area contributed by atoms with Crippen molar-refractivity contribution in [3.8, 4) is 5.75 Å². The van der Waals surface area contributed by atoms with Crippen LogP contribution in [0.5, 0.6) is 5.75 Å². The minimum atomic E-state index is -0.291. The van der Waals surface area contributed by atoms with Gasteiger partial charge in [0.2, 0.25) is 0 Å². The predicted octanol–water partition coefficient (Wildman–Crippen LogP) is 5.58. The van der Waals surface area contributed by atoms with Gasteiger partial charge >= 0.3 is 0 Å². The molecular weight excluding hydrogens is 359 g/mol. The maximum Gasteiger partial charge on any atom is 0.126 e. The van der Waals surface area contributed by atoms with Gasteiger partial charge in [-0.25, -0.2) is 4.39 Å². The molecular formula is C19H18BrFO2. The monoisotopic (exact) mass is 376 g/mol. The lowest BCUT2D eigenvalue weighted by Gasteiger charge is -2.41.